The molecule has 4 heteroatoms. The normalized spacial score (nSPS) is 14.1. The van der Waals surface area contributed by atoms with Gasteiger partial charge >= 0.3 is 0 Å². The molecule has 0 atom stereocenters. The fourth-order valence-electron chi connectivity index (χ4n) is 3.13. The molecule has 1 aliphatic heterocycles. The van der Waals surface area contributed by atoms with Crippen LogP contribution in [0.1, 0.15) is 12.0 Å². The van der Waals surface area contributed by atoms with E-state index in [-0.39, 0.29) is 5.43 Å². The molecule has 0 saturated heterocycles. The number of rotatable bonds is 1. The van der Waals surface area contributed by atoms with Crippen molar-refractivity contribution in [2.75, 3.05) is 18.5 Å². The molecule has 0 bridgehead atoms. The molecule has 1 aliphatic rings. The third-order valence-corrected chi connectivity index (χ3v) is 4.31. The Morgan fingerprint density at radius 1 is 1.14 bits per heavy atom. The van der Waals surface area contributed by atoms with Crippen molar-refractivity contribution in [3.05, 3.63) is 58.3 Å². The maximum Gasteiger partial charge on any atom is 0.196 e. The number of hydrogen-bond donors (Lipinski definition) is 1. The molecule has 0 radical (unpaired) electrons. The molecule has 4 nitrogen and oxygen atoms in total. The predicted octanol–water partition coefficient (Wildman–Crippen LogP) is 2.97. The lowest BCUT2D eigenvalue weighted by molar-refractivity contribution is 0.729. The fourth-order valence-corrected chi connectivity index (χ4v) is 3.13. The number of nitrogens with zero attached hydrogens (tertiary/aromatic N) is 2. The molecule has 1 aromatic carbocycles. The molecule has 3 aromatic rings. The fraction of sp³-hybridized carbons (Fsp3) is 0.222. The Kier molecular flexibility index (Phi) is 2.96. The highest BCUT2D eigenvalue weighted by molar-refractivity contribution is 5.81. The summed E-state index contributed by atoms with van der Waals surface area (Å²) in [5, 5.41) is 0.675. The first kappa shape index (κ1) is 13.1. The number of anilines is 1. The summed E-state index contributed by atoms with van der Waals surface area (Å²) in [4.78, 5) is 22.8. The van der Waals surface area contributed by atoms with Crippen LogP contribution in [0.5, 0.6) is 0 Å². The van der Waals surface area contributed by atoms with Gasteiger partial charge < -0.3 is 9.88 Å². The SMILES string of the molecule is CN1CCCc2c1[nH]c1nc(-c3ccccc3)ccc1c2=O. The van der Waals surface area contributed by atoms with Crippen LogP contribution in [-0.4, -0.2) is 23.6 Å². The molecule has 4 rings (SSSR count). The van der Waals surface area contributed by atoms with Crippen molar-refractivity contribution in [2.24, 2.45) is 0 Å². The van der Waals surface area contributed by atoms with Crippen LogP contribution in [0.25, 0.3) is 22.3 Å². The summed E-state index contributed by atoms with van der Waals surface area (Å²) in [6.07, 6.45) is 1.86. The Morgan fingerprint density at radius 3 is 2.77 bits per heavy atom. The highest BCUT2D eigenvalue weighted by Gasteiger charge is 2.19. The second-order valence-electron chi connectivity index (χ2n) is 5.77. The van der Waals surface area contributed by atoms with E-state index in [4.69, 9.17) is 0 Å². The molecule has 0 fully saturated rings. The van der Waals surface area contributed by atoms with E-state index in [0.29, 0.717) is 11.0 Å². The van der Waals surface area contributed by atoms with Crippen molar-refractivity contribution in [2.45, 2.75) is 12.8 Å². The Balaban J connectivity index is 1.96. The summed E-state index contributed by atoms with van der Waals surface area (Å²) < 4.78 is 0. The van der Waals surface area contributed by atoms with Gasteiger partial charge in [-0.3, -0.25) is 4.79 Å². The van der Waals surface area contributed by atoms with Crippen LogP contribution in [0.3, 0.4) is 0 Å². The van der Waals surface area contributed by atoms with Crippen LogP contribution >= 0.6 is 0 Å². The first-order valence-electron chi connectivity index (χ1n) is 7.56. The number of benzene rings is 1. The minimum atomic E-state index is 0.113. The monoisotopic (exact) mass is 291 g/mol. The summed E-state index contributed by atoms with van der Waals surface area (Å²) in [5.41, 5.74) is 3.59. The molecule has 3 heterocycles. The van der Waals surface area contributed by atoms with E-state index in [1.165, 1.54) is 0 Å². The van der Waals surface area contributed by atoms with E-state index in [9.17, 15) is 4.79 Å². The largest absolute Gasteiger partial charge is 0.361 e. The third-order valence-electron chi connectivity index (χ3n) is 4.31. The van der Waals surface area contributed by atoms with E-state index >= 15 is 0 Å². The lowest BCUT2D eigenvalue weighted by atomic mass is 10.0. The summed E-state index contributed by atoms with van der Waals surface area (Å²) >= 11 is 0. The molecule has 0 amide bonds. The highest BCUT2D eigenvalue weighted by atomic mass is 16.1. The van der Waals surface area contributed by atoms with E-state index in [0.717, 1.165) is 42.0 Å². The van der Waals surface area contributed by atoms with Crippen LogP contribution < -0.4 is 10.3 Å². The van der Waals surface area contributed by atoms with E-state index < -0.39 is 0 Å². The van der Waals surface area contributed by atoms with Gasteiger partial charge in [-0.2, -0.15) is 0 Å². The Hall–Kier alpha value is -2.62. The van der Waals surface area contributed by atoms with Crippen LogP contribution in [0.2, 0.25) is 0 Å². The smallest absolute Gasteiger partial charge is 0.196 e. The number of nitrogens with one attached hydrogen (secondary N) is 1. The Morgan fingerprint density at radius 2 is 1.95 bits per heavy atom. The summed E-state index contributed by atoms with van der Waals surface area (Å²) in [6, 6.07) is 13.8. The van der Waals surface area contributed by atoms with Crippen LogP contribution in [0, 0.1) is 0 Å². The first-order chi connectivity index (χ1) is 10.7. The van der Waals surface area contributed by atoms with Gasteiger partial charge in [0, 0.05) is 24.7 Å². The molecular formula is C18H17N3O. The maximum atomic E-state index is 12.7. The van der Waals surface area contributed by atoms with E-state index in [1.54, 1.807) is 0 Å². The Bertz CT molecular complexity index is 899. The van der Waals surface area contributed by atoms with Gasteiger partial charge in [0.1, 0.15) is 11.5 Å². The van der Waals surface area contributed by atoms with Gasteiger partial charge in [0.05, 0.1) is 11.1 Å². The molecule has 2 aromatic heterocycles. The van der Waals surface area contributed by atoms with Crippen LogP contribution in [-0.2, 0) is 6.42 Å². The first-order valence-corrected chi connectivity index (χ1v) is 7.56. The van der Waals surface area contributed by atoms with Crippen LogP contribution in [0.4, 0.5) is 5.82 Å². The minimum Gasteiger partial charge on any atom is -0.361 e. The number of fused-ring (bicyclic) bond motifs is 2. The van der Waals surface area contributed by atoms with Crippen molar-refractivity contribution in [1.82, 2.24) is 9.97 Å². The van der Waals surface area contributed by atoms with Gasteiger partial charge in [0.15, 0.2) is 5.43 Å². The number of aromatic nitrogens is 2. The predicted molar refractivity (Wildman–Crippen MR) is 89.4 cm³/mol. The minimum absolute atomic E-state index is 0.113. The lowest BCUT2D eigenvalue weighted by Crippen LogP contribution is -2.30. The second kappa shape index (κ2) is 4.98. The summed E-state index contributed by atoms with van der Waals surface area (Å²) in [7, 11) is 2.01. The van der Waals surface area contributed by atoms with Gasteiger partial charge in [0.25, 0.3) is 0 Å². The van der Waals surface area contributed by atoms with Crippen molar-refractivity contribution in [3.8, 4) is 11.3 Å². The quantitative estimate of drug-likeness (QED) is 0.750. The number of aromatic amines is 1. The summed E-state index contributed by atoms with van der Waals surface area (Å²) in [5.74, 6) is 0.918. The van der Waals surface area contributed by atoms with Crippen molar-refractivity contribution < 1.29 is 0 Å². The molecule has 0 saturated carbocycles. The maximum absolute atomic E-state index is 12.7. The van der Waals surface area contributed by atoms with E-state index in [1.807, 2.05) is 49.5 Å². The average molecular weight is 291 g/mol. The zero-order valence-electron chi connectivity index (χ0n) is 12.5. The number of hydrogen-bond acceptors (Lipinski definition) is 3. The zero-order valence-corrected chi connectivity index (χ0v) is 12.5. The molecule has 0 spiro atoms. The number of pyridine rings is 2. The van der Waals surface area contributed by atoms with Gasteiger partial charge in [-0.25, -0.2) is 4.98 Å². The average Bonchev–Trinajstić information content (AvgIpc) is 2.56. The molecule has 1 N–H and O–H groups in total. The number of H-pyrrole nitrogens is 1. The molecular weight excluding hydrogens is 274 g/mol. The van der Waals surface area contributed by atoms with Crippen molar-refractivity contribution >= 4 is 16.9 Å². The molecule has 110 valence electrons. The third kappa shape index (κ3) is 1.99. The summed E-state index contributed by atoms with van der Waals surface area (Å²) in [6.45, 7) is 0.965. The standard InChI is InChI=1S/C18H17N3O/c1-21-11-5-8-14-16(22)13-9-10-15(12-6-3-2-4-7-12)19-17(13)20-18(14)21/h2-4,6-7,9-10H,5,8,11H2,1H3,(H,19,20,22). The molecule has 0 unspecified atom stereocenters. The lowest BCUT2D eigenvalue weighted by Gasteiger charge is -2.26. The molecule has 22 heavy (non-hydrogen) atoms. The highest BCUT2D eigenvalue weighted by Crippen LogP contribution is 2.25. The van der Waals surface area contributed by atoms with Crippen molar-refractivity contribution in [3.63, 3.8) is 0 Å². The van der Waals surface area contributed by atoms with Crippen LogP contribution in [0.15, 0.2) is 47.3 Å². The molecule has 0 aliphatic carbocycles. The van der Waals surface area contributed by atoms with Gasteiger partial charge in [-0.05, 0) is 25.0 Å². The van der Waals surface area contributed by atoms with Gasteiger partial charge in [-0.1, -0.05) is 30.3 Å². The van der Waals surface area contributed by atoms with Crippen molar-refractivity contribution in [1.29, 1.82) is 0 Å². The van der Waals surface area contributed by atoms with E-state index in [2.05, 4.69) is 14.9 Å². The van der Waals surface area contributed by atoms with Gasteiger partial charge in [-0.15, -0.1) is 0 Å². The Labute approximate surface area is 128 Å². The van der Waals surface area contributed by atoms with Gasteiger partial charge in [0.2, 0.25) is 0 Å². The topological polar surface area (TPSA) is 49.0 Å². The second-order valence-corrected chi connectivity index (χ2v) is 5.77. The zero-order chi connectivity index (χ0) is 15.1.